The van der Waals surface area contributed by atoms with Crippen LogP contribution in [-0.4, -0.2) is 35.7 Å². The van der Waals surface area contributed by atoms with Gasteiger partial charge >= 0.3 is 18.0 Å². The fourth-order valence-electron chi connectivity index (χ4n) is 1.67. The molecule has 0 radical (unpaired) electrons. The van der Waals surface area contributed by atoms with Crippen LogP contribution in [0.3, 0.4) is 0 Å². The maximum absolute atomic E-state index is 12.8. The highest BCUT2D eigenvalue weighted by atomic mass is 19.4. The smallest absolute Gasteiger partial charge is 0.329 e. The van der Waals surface area contributed by atoms with Crippen LogP contribution in [0.4, 0.5) is 18.9 Å². The number of anilines is 1. The minimum absolute atomic E-state index is 0.0717. The molecule has 6 nitrogen and oxygen atoms in total. The van der Waals surface area contributed by atoms with Gasteiger partial charge in [-0.3, -0.25) is 19.3 Å². The third kappa shape index (κ3) is 4.29. The van der Waals surface area contributed by atoms with Crippen LogP contribution in [0.25, 0.3) is 0 Å². The first-order valence-electron chi connectivity index (χ1n) is 6.18. The standard InChI is InChI=1S/C13H14F3N3O3/c1-8(20)19(7-6-17)12(22)11(21)18-10-5-3-2-4-9(10)13(14,15)16/h2-5H,6-7,17H2,1H3,(H,18,21). The minimum Gasteiger partial charge on any atom is -0.329 e. The molecule has 0 saturated carbocycles. The molecule has 0 unspecified atom stereocenters. The number of nitrogens with two attached hydrogens (primary N) is 1. The van der Waals surface area contributed by atoms with E-state index in [1.54, 1.807) is 0 Å². The summed E-state index contributed by atoms with van der Waals surface area (Å²) < 4.78 is 38.4. The van der Waals surface area contributed by atoms with Gasteiger partial charge in [0.15, 0.2) is 0 Å². The fourth-order valence-corrected chi connectivity index (χ4v) is 1.67. The molecule has 3 N–H and O–H groups in total. The number of halogens is 3. The van der Waals surface area contributed by atoms with Crippen LogP contribution < -0.4 is 11.1 Å². The summed E-state index contributed by atoms with van der Waals surface area (Å²) >= 11 is 0. The van der Waals surface area contributed by atoms with Gasteiger partial charge in [0, 0.05) is 20.0 Å². The van der Waals surface area contributed by atoms with Crippen LogP contribution in [0.1, 0.15) is 12.5 Å². The van der Waals surface area contributed by atoms with E-state index in [4.69, 9.17) is 5.73 Å². The van der Waals surface area contributed by atoms with Crippen molar-refractivity contribution in [2.75, 3.05) is 18.4 Å². The van der Waals surface area contributed by atoms with Crippen LogP contribution in [0.5, 0.6) is 0 Å². The van der Waals surface area contributed by atoms with Gasteiger partial charge in [-0.25, -0.2) is 0 Å². The van der Waals surface area contributed by atoms with E-state index in [2.05, 4.69) is 0 Å². The number of hydrogen-bond acceptors (Lipinski definition) is 4. The van der Waals surface area contributed by atoms with E-state index in [1.807, 2.05) is 5.32 Å². The van der Waals surface area contributed by atoms with Gasteiger partial charge in [-0.1, -0.05) is 12.1 Å². The Morgan fingerprint density at radius 2 is 1.82 bits per heavy atom. The summed E-state index contributed by atoms with van der Waals surface area (Å²) in [7, 11) is 0. The number of para-hydroxylation sites is 1. The van der Waals surface area contributed by atoms with Crippen molar-refractivity contribution >= 4 is 23.4 Å². The first-order chi connectivity index (χ1) is 10.2. The van der Waals surface area contributed by atoms with Gasteiger partial charge < -0.3 is 11.1 Å². The number of carbonyl (C=O) groups is 3. The van der Waals surface area contributed by atoms with Crippen LogP contribution >= 0.6 is 0 Å². The number of nitrogens with one attached hydrogen (secondary N) is 1. The maximum Gasteiger partial charge on any atom is 0.418 e. The number of imide groups is 1. The monoisotopic (exact) mass is 317 g/mol. The van der Waals surface area contributed by atoms with Gasteiger partial charge in [-0.05, 0) is 12.1 Å². The second-order valence-electron chi connectivity index (χ2n) is 4.26. The number of amides is 3. The van der Waals surface area contributed by atoms with Crippen molar-refractivity contribution < 1.29 is 27.6 Å². The predicted octanol–water partition coefficient (Wildman–Crippen LogP) is 0.978. The average Bonchev–Trinajstić information content (AvgIpc) is 2.43. The van der Waals surface area contributed by atoms with E-state index >= 15 is 0 Å². The van der Waals surface area contributed by atoms with Crippen molar-refractivity contribution in [3.05, 3.63) is 29.8 Å². The number of benzene rings is 1. The summed E-state index contributed by atoms with van der Waals surface area (Å²) in [6.45, 7) is 0.769. The molecule has 9 heteroatoms. The number of rotatable bonds is 3. The number of nitrogens with zero attached hydrogens (tertiary/aromatic N) is 1. The summed E-state index contributed by atoms with van der Waals surface area (Å²) in [5, 5.41) is 1.87. The van der Waals surface area contributed by atoms with Gasteiger partial charge in [-0.2, -0.15) is 13.2 Å². The fraction of sp³-hybridized carbons (Fsp3) is 0.308. The molecular formula is C13H14F3N3O3. The Morgan fingerprint density at radius 3 is 2.32 bits per heavy atom. The van der Waals surface area contributed by atoms with E-state index in [0.717, 1.165) is 25.1 Å². The second kappa shape index (κ2) is 7.03. The van der Waals surface area contributed by atoms with Crippen molar-refractivity contribution in [2.24, 2.45) is 5.73 Å². The van der Waals surface area contributed by atoms with Crippen LogP contribution in [-0.2, 0) is 20.6 Å². The summed E-state index contributed by atoms with van der Waals surface area (Å²) in [6, 6.07) is 4.20. The molecule has 3 amide bonds. The molecule has 0 aliphatic carbocycles. The molecule has 0 bridgehead atoms. The molecule has 0 atom stereocenters. The van der Waals surface area contributed by atoms with E-state index in [1.165, 1.54) is 6.07 Å². The highest BCUT2D eigenvalue weighted by Gasteiger charge is 2.34. The van der Waals surface area contributed by atoms with Crippen molar-refractivity contribution in [3.63, 3.8) is 0 Å². The summed E-state index contributed by atoms with van der Waals surface area (Å²) in [5.41, 5.74) is 3.55. The predicted molar refractivity (Wildman–Crippen MR) is 71.5 cm³/mol. The third-order valence-electron chi connectivity index (χ3n) is 2.65. The van der Waals surface area contributed by atoms with Gasteiger partial charge in [0.2, 0.25) is 5.91 Å². The lowest BCUT2D eigenvalue weighted by Gasteiger charge is -2.18. The highest BCUT2D eigenvalue weighted by Crippen LogP contribution is 2.34. The van der Waals surface area contributed by atoms with Crippen molar-refractivity contribution in [2.45, 2.75) is 13.1 Å². The Labute approximate surface area is 124 Å². The molecule has 1 aromatic carbocycles. The molecule has 0 saturated heterocycles. The normalized spacial score (nSPS) is 11.0. The number of hydrogen-bond donors (Lipinski definition) is 2. The van der Waals surface area contributed by atoms with Crippen LogP contribution in [0.2, 0.25) is 0 Å². The molecule has 120 valence electrons. The summed E-state index contributed by atoms with van der Waals surface area (Å²) in [4.78, 5) is 35.4. The largest absolute Gasteiger partial charge is 0.418 e. The molecule has 22 heavy (non-hydrogen) atoms. The summed E-state index contributed by atoms with van der Waals surface area (Å²) in [6.07, 6.45) is -4.69. The summed E-state index contributed by atoms with van der Waals surface area (Å²) in [5.74, 6) is -3.34. The first kappa shape index (κ1) is 17.6. The number of carbonyl (C=O) groups excluding carboxylic acids is 3. The minimum atomic E-state index is -4.69. The molecule has 0 aromatic heterocycles. The molecule has 0 aliphatic rings. The van der Waals surface area contributed by atoms with Gasteiger partial charge in [-0.15, -0.1) is 0 Å². The SMILES string of the molecule is CC(=O)N(CCN)C(=O)C(=O)Nc1ccccc1C(F)(F)F. The lowest BCUT2D eigenvalue weighted by Crippen LogP contribution is -2.45. The van der Waals surface area contributed by atoms with E-state index in [0.29, 0.717) is 4.90 Å². The van der Waals surface area contributed by atoms with Gasteiger partial charge in [0.1, 0.15) is 0 Å². The zero-order valence-corrected chi connectivity index (χ0v) is 11.6. The van der Waals surface area contributed by atoms with Crippen molar-refractivity contribution in [1.82, 2.24) is 4.90 Å². The Balaban J connectivity index is 2.98. The highest BCUT2D eigenvalue weighted by molar-refractivity contribution is 6.41. The second-order valence-corrected chi connectivity index (χ2v) is 4.26. The van der Waals surface area contributed by atoms with E-state index in [9.17, 15) is 27.6 Å². The van der Waals surface area contributed by atoms with Gasteiger partial charge in [0.05, 0.1) is 11.3 Å². The Morgan fingerprint density at radius 1 is 1.23 bits per heavy atom. The first-order valence-corrected chi connectivity index (χ1v) is 6.18. The lowest BCUT2D eigenvalue weighted by molar-refractivity contribution is -0.150. The van der Waals surface area contributed by atoms with Crippen LogP contribution in [0.15, 0.2) is 24.3 Å². The van der Waals surface area contributed by atoms with Crippen LogP contribution in [0, 0.1) is 0 Å². The quantitative estimate of drug-likeness (QED) is 0.813. The topological polar surface area (TPSA) is 92.5 Å². The Hall–Kier alpha value is -2.42. The lowest BCUT2D eigenvalue weighted by atomic mass is 10.1. The number of alkyl halides is 3. The molecule has 1 rings (SSSR count). The average molecular weight is 317 g/mol. The maximum atomic E-state index is 12.8. The molecule has 0 heterocycles. The molecular weight excluding hydrogens is 303 g/mol. The molecule has 0 fully saturated rings. The molecule has 0 spiro atoms. The molecule has 1 aromatic rings. The Kier molecular flexibility index (Phi) is 5.63. The molecule has 0 aliphatic heterocycles. The van der Waals surface area contributed by atoms with Gasteiger partial charge in [0.25, 0.3) is 0 Å². The zero-order chi connectivity index (χ0) is 16.9. The van der Waals surface area contributed by atoms with Crippen molar-refractivity contribution in [1.29, 1.82) is 0 Å². The van der Waals surface area contributed by atoms with Crippen molar-refractivity contribution in [3.8, 4) is 0 Å². The Bertz CT molecular complexity index is 587. The third-order valence-corrected chi connectivity index (χ3v) is 2.65. The van der Waals surface area contributed by atoms with E-state index < -0.39 is 35.1 Å². The van der Waals surface area contributed by atoms with E-state index in [-0.39, 0.29) is 13.1 Å². The zero-order valence-electron chi connectivity index (χ0n) is 11.6.